The molecular formula is C16H31N3O. The Morgan fingerprint density at radius 2 is 1.90 bits per heavy atom. The van der Waals surface area contributed by atoms with Crippen molar-refractivity contribution in [3.8, 4) is 0 Å². The van der Waals surface area contributed by atoms with Gasteiger partial charge in [0, 0.05) is 31.6 Å². The molecule has 1 saturated heterocycles. The molecule has 1 amide bonds. The van der Waals surface area contributed by atoms with Crippen molar-refractivity contribution in [3.05, 3.63) is 0 Å². The molecule has 1 atom stereocenters. The topological polar surface area (TPSA) is 49.6 Å². The van der Waals surface area contributed by atoms with Gasteiger partial charge in [-0.3, -0.25) is 4.79 Å². The summed E-state index contributed by atoms with van der Waals surface area (Å²) >= 11 is 0. The van der Waals surface area contributed by atoms with Gasteiger partial charge in [-0.25, -0.2) is 0 Å². The number of hydrogen-bond donors (Lipinski definition) is 1. The minimum Gasteiger partial charge on any atom is -0.338 e. The maximum Gasteiger partial charge on any atom is 0.223 e. The van der Waals surface area contributed by atoms with Crippen LogP contribution in [0.15, 0.2) is 0 Å². The van der Waals surface area contributed by atoms with Crippen LogP contribution >= 0.6 is 0 Å². The monoisotopic (exact) mass is 281 g/mol. The normalized spacial score (nSPS) is 33.0. The highest BCUT2D eigenvalue weighted by Crippen LogP contribution is 2.27. The third-order valence-electron chi connectivity index (χ3n) is 5.05. The van der Waals surface area contributed by atoms with Gasteiger partial charge in [0.05, 0.1) is 0 Å². The van der Waals surface area contributed by atoms with Crippen molar-refractivity contribution < 1.29 is 4.79 Å². The first-order chi connectivity index (χ1) is 9.60. The van der Waals surface area contributed by atoms with Crippen LogP contribution in [-0.2, 0) is 4.79 Å². The molecule has 1 aliphatic heterocycles. The molecule has 1 heterocycles. The summed E-state index contributed by atoms with van der Waals surface area (Å²) in [5.41, 5.74) is 5.95. The lowest BCUT2D eigenvalue weighted by Gasteiger charge is -2.33. The Morgan fingerprint density at radius 1 is 1.20 bits per heavy atom. The minimum absolute atomic E-state index is 0.372. The van der Waals surface area contributed by atoms with Crippen LogP contribution in [0, 0.1) is 5.92 Å². The molecule has 20 heavy (non-hydrogen) atoms. The maximum atomic E-state index is 12.7. The van der Waals surface area contributed by atoms with Crippen LogP contribution < -0.4 is 5.73 Å². The van der Waals surface area contributed by atoms with E-state index in [1.807, 2.05) is 0 Å². The van der Waals surface area contributed by atoms with Crippen LogP contribution in [0.1, 0.15) is 51.9 Å². The number of carbonyl (C=O) groups is 1. The molecule has 1 aliphatic carbocycles. The van der Waals surface area contributed by atoms with Gasteiger partial charge >= 0.3 is 0 Å². The maximum absolute atomic E-state index is 12.7. The predicted molar refractivity (Wildman–Crippen MR) is 82.5 cm³/mol. The third-order valence-corrected chi connectivity index (χ3v) is 5.05. The van der Waals surface area contributed by atoms with E-state index in [1.54, 1.807) is 0 Å². The second-order valence-corrected chi connectivity index (χ2v) is 6.75. The number of rotatable bonds is 3. The number of hydrogen-bond acceptors (Lipinski definition) is 3. The highest BCUT2D eigenvalue weighted by Gasteiger charge is 2.28. The SMILES string of the molecule is CCC1CN(C)CCCN1C(=O)CC1CCC(N)CC1. The lowest BCUT2D eigenvalue weighted by atomic mass is 9.84. The molecule has 2 aliphatic rings. The summed E-state index contributed by atoms with van der Waals surface area (Å²) in [4.78, 5) is 17.2. The Bertz CT molecular complexity index is 313. The van der Waals surface area contributed by atoms with Gasteiger partial charge in [0.15, 0.2) is 0 Å². The zero-order valence-electron chi connectivity index (χ0n) is 13.2. The van der Waals surface area contributed by atoms with Gasteiger partial charge in [-0.05, 0) is 58.0 Å². The molecule has 1 saturated carbocycles. The summed E-state index contributed by atoms with van der Waals surface area (Å²) in [6, 6.07) is 0.775. The van der Waals surface area contributed by atoms with Gasteiger partial charge < -0.3 is 15.5 Å². The predicted octanol–water partition coefficient (Wildman–Crippen LogP) is 1.84. The fraction of sp³-hybridized carbons (Fsp3) is 0.938. The van der Waals surface area contributed by atoms with E-state index in [9.17, 15) is 4.79 Å². The van der Waals surface area contributed by atoms with E-state index in [1.165, 1.54) is 0 Å². The molecule has 0 aromatic heterocycles. The van der Waals surface area contributed by atoms with Crippen LogP contribution in [-0.4, -0.2) is 54.5 Å². The summed E-state index contributed by atoms with van der Waals surface area (Å²) in [6.45, 7) is 5.27. The van der Waals surface area contributed by atoms with Crippen LogP contribution in [0.3, 0.4) is 0 Å². The van der Waals surface area contributed by atoms with Crippen molar-refractivity contribution >= 4 is 5.91 Å². The molecule has 2 rings (SSSR count). The smallest absolute Gasteiger partial charge is 0.223 e. The van der Waals surface area contributed by atoms with E-state index in [2.05, 4.69) is 23.8 Å². The van der Waals surface area contributed by atoms with Crippen LogP contribution in [0.4, 0.5) is 0 Å². The highest BCUT2D eigenvalue weighted by atomic mass is 16.2. The Balaban J connectivity index is 1.89. The van der Waals surface area contributed by atoms with Crippen molar-refractivity contribution in [1.29, 1.82) is 0 Å². The van der Waals surface area contributed by atoms with Crippen molar-refractivity contribution in [2.45, 2.75) is 64.0 Å². The molecular weight excluding hydrogens is 250 g/mol. The van der Waals surface area contributed by atoms with E-state index >= 15 is 0 Å². The summed E-state index contributed by atoms with van der Waals surface area (Å²) in [6.07, 6.45) is 7.37. The molecule has 4 nitrogen and oxygen atoms in total. The first-order valence-corrected chi connectivity index (χ1v) is 8.33. The van der Waals surface area contributed by atoms with E-state index < -0.39 is 0 Å². The van der Waals surface area contributed by atoms with Crippen LogP contribution in [0.2, 0.25) is 0 Å². The van der Waals surface area contributed by atoms with E-state index in [4.69, 9.17) is 5.73 Å². The number of nitrogens with two attached hydrogens (primary N) is 1. The second-order valence-electron chi connectivity index (χ2n) is 6.75. The second kappa shape index (κ2) is 7.41. The summed E-state index contributed by atoms with van der Waals surface area (Å²) in [5.74, 6) is 0.952. The third kappa shape index (κ3) is 4.19. The van der Waals surface area contributed by atoms with Crippen molar-refractivity contribution in [2.75, 3.05) is 26.7 Å². The first kappa shape index (κ1) is 15.8. The van der Waals surface area contributed by atoms with Crippen molar-refractivity contribution in [2.24, 2.45) is 11.7 Å². The summed E-state index contributed by atoms with van der Waals surface area (Å²) in [5, 5.41) is 0. The Morgan fingerprint density at radius 3 is 2.55 bits per heavy atom. The average molecular weight is 281 g/mol. The molecule has 2 N–H and O–H groups in total. The van der Waals surface area contributed by atoms with E-state index in [0.29, 0.717) is 23.9 Å². The Hall–Kier alpha value is -0.610. The highest BCUT2D eigenvalue weighted by molar-refractivity contribution is 5.76. The quantitative estimate of drug-likeness (QED) is 0.858. The molecule has 0 aromatic carbocycles. The van der Waals surface area contributed by atoms with Gasteiger partial charge in [-0.2, -0.15) is 0 Å². The lowest BCUT2D eigenvalue weighted by Crippen LogP contribution is -2.44. The summed E-state index contributed by atoms with van der Waals surface area (Å²) < 4.78 is 0. The molecule has 0 aromatic rings. The van der Waals surface area contributed by atoms with Crippen molar-refractivity contribution in [1.82, 2.24) is 9.80 Å². The molecule has 1 unspecified atom stereocenters. The molecule has 0 bridgehead atoms. The van der Waals surface area contributed by atoms with Crippen LogP contribution in [0.25, 0.3) is 0 Å². The zero-order valence-corrected chi connectivity index (χ0v) is 13.2. The van der Waals surface area contributed by atoms with E-state index in [-0.39, 0.29) is 0 Å². The number of nitrogens with zero attached hydrogens (tertiary/aromatic N) is 2. The largest absolute Gasteiger partial charge is 0.338 e. The summed E-state index contributed by atoms with van der Waals surface area (Å²) in [7, 11) is 2.17. The standard InChI is InChI=1S/C16H31N3O/c1-3-15-12-18(2)9-4-10-19(15)16(20)11-13-5-7-14(17)8-6-13/h13-15H,3-12,17H2,1-2H3. The molecule has 4 heteroatoms. The van der Waals surface area contributed by atoms with Gasteiger partial charge in [-0.1, -0.05) is 6.92 Å². The minimum atomic E-state index is 0.372. The number of amides is 1. The molecule has 116 valence electrons. The first-order valence-electron chi connectivity index (χ1n) is 8.33. The van der Waals surface area contributed by atoms with Gasteiger partial charge in [0.25, 0.3) is 0 Å². The van der Waals surface area contributed by atoms with E-state index in [0.717, 1.165) is 64.6 Å². The van der Waals surface area contributed by atoms with Crippen LogP contribution in [0.5, 0.6) is 0 Å². The average Bonchev–Trinajstić information content (AvgIpc) is 2.62. The zero-order chi connectivity index (χ0) is 14.5. The lowest BCUT2D eigenvalue weighted by molar-refractivity contribution is -0.134. The van der Waals surface area contributed by atoms with Gasteiger partial charge in [-0.15, -0.1) is 0 Å². The molecule has 2 fully saturated rings. The van der Waals surface area contributed by atoms with Gasteiger partial charge in [0.2, 0.25) is 5.91 Å². The number of carbonyl (C=O) groups excluding carboxylic acids is 1. The molecule has 0 radical (unpaired) electrons. The Kier molecular flexibility index (Phi) is 5.85. The number of likely N-dealkylation sites (N-methyl/N-ethyl adjacent to an activating group) is 1. The Labute approximate surface area is 123 Å². The molecule has 0 spiro atoms. The fourth-order valence-corrected chi connectivity index (χ4v) is 3.68. The van der Waals surface area contributed by atoms with Gasteiger partial charge in [0.1, 0.15) is 0 Å². The van der Waals surface area contributed by atoms with Crippen molar-refractivity contribution in [3.63, 3.8) is 0 Å². The fourth-order valence-electron chi connectivity index (χ4n) is 3.68.